The lowest BCUT2D eigenvalue weighted by molar-refractivity contribution is 0.0522. The topological polar surface area (TPSA) is 61.8 Å². The van der Waals surface area contributed by atoms with Crippen LogP contribution in [0.3, 0.4) is 0 Å². The molecule has 106 valence electrons. The monoisotopic (exact) mass is 258 g/mol. The largest absolute Gasteiger partial charge is 0.444 e. The Balaban J connectivity index is 2.03. The number of rotatable bonds is 4. The summed E-state index contributed by atoms with van der Waals surface area (Å²) in [4.78, 5) is 13.7. The van der Waals surface area contributed by atoms with E-state index < -0.39 is 5.60 Å². The van der Waals surface area contributed by atoms with Crippen molar-refractivity contribution in [1.82, 2.24) is 10.2 Å². The van der Waals surface area contributed by atoms with Gasteiger partial charge in [0.1, 0.15) is 5.60 Å². The van der Waals surface area contributed by atoms with Gasteiger partial charge in [-0.15, -0.1) is 0 Å². The number of nitrogens with zero attached hydrogens (tertiary/aromatic N) is 1. The maximum absolute atomic E-state index is 11.4. The van der Waals surface area contributed by atoms with E-state index in [-0.39, 0.29) is 12.2 Å². The standard InChI is InChI=1S/C13H26N2O3/c1-13(2,3)18-12(17)14-7-4-8-15-9-5-11(16)6-10-15/h11,16H,4-10H2,1-3H3,(H,14,17). The molecule has 0 aromatic rings. The summed E-state index contributed by atoms with van der Waals surface area (Å²) in [6.07, 6.45) is 2.16. The highest BCUT2D eigenvalue weighted by Gasteiger charge is 2.17. The third kappa shape index (κ3) is 6.81. The first-order chi connectivity index (χ1) is 8.37. The maximum atomic E-state index is 11.4. The van der Waals surface area contributed by atoms with Crippen molar-refractivity contribution in [1.29, 1.82) is 0 Å². The molecule has 1 aliphatic rings. The quantitative estimate of drug-likeness (QED) is 0.747. The number of carbonyl (C=O) groups is 1. The number of hydrogen-bond acceptors (Lipinski definition) is 4. The van der Waals surface area contributed by atoms with E-state index in [0.29, 0.717) is 6.54 Å². The van der Waals surface area contributed by atoms with E-state index in [1.165, 1.54) is 0 Å². The Morgan fingerprint density at radius 2 is 2.00 bits per heavy atom. The molecule has 0 spiro atoms. The first kappa shape index (κ1) is 15.2. The minimum Gasteiger partial charge on any atom is -0.444 e. The molecule has 5 nitrogen and oxygen atoms in total. The third-order valence-electron chi connectivity index (χ3n) is 2.88. The van der Waals surface area contributed by atoms with E-state index >= 15 is 0 Å². The van der Waals surface area contributed by atoms with Crippen LogP contribution < -0.4 is 5.32 Å². The Kier molecular flexibility index (Phi) is 5.88. The molecular formula is C13H26N2O3. The summed E-state index contributed by atoms with van der Waals surface area (Å²) in [6.45, 7) is 9.06. The Hall–Kier alpha value is -0.810. The van der Waals surface area contributed by atoms with E-state index in [1.54, 1.807) is 0 Å². The number of piperidine rings is 1. The number of carbonyl (C=O) groups excluding carboxylic acids is 1. The Bertz CT molecular complexity index is 255. The molecule has 0 saturated carbocycles. The van der Waals surface area contributed by atoms with E-state index in [2.05, 4.69) is 10.2 Å². The van der Waals surface area contributed by atoms with Crippen LogP contribution in [-0.4, -0.2) is 54.0 Å². The molecule has 1 saturated heterocycles. The summed E-state index contributed by atoms with van der Waals surface area (Å²) in [6, 6.07) is 0. The van der Waals surface area contributed by atoms with Crippen LogP contribution >= 0.6 is 0 Å². The van der Waals surface area contributed by atoms with Crippen LogP contribution in [0.25, 0.3) is 0 Å². The van der Waals surface area contributed by atoms with Crippen molar-refractivity contribution in [3.8, 4) is 0 Å². The second kappa shape index (κ2) is 6.95. The molecule has 2 N–H and O–H groups in total. The van der Waals surface area contributed by atoms with Crippen LogP contribution in [0, 0.1) is 0 Å². The van der Waals surface area contributed by atoms with Crippen molar-refractivity contribution in [2.75, 3.05) is 26.2 Å². The van der Waals surface area contributed by atoms with Gasteiger partial charge >= 0.3 is 6.09 Å². The van der Waals surface area contributed by atoms with Gasteiger partial charge in [-0.3, -0.25) is 0 Å². The van der Waals surface area contributed by atoms with Crippen LogP contribution in [0.15, 0.2) is 0 Å². The predicted molar refractivity (Wildman–Crippen MR) is 70.5 cm³/mol. The molecule has 1 heterocycles. The van der Waals surface area contributed by atoms with Gasteiger partial charge in [-0.05, 0) is 46.6 Å². The zero-order valence-electron chi connectivity index (χ0n) is 11.7. The molecule has 1 rings (SSSR count). The second-order valence-corrected chi connectivity index (χ2v) is 5.86. The SMILES string of the molecule is CC(C)(C)OC(=O)NCCCN1CCC(O)CC1. The highest BCUT2D eigenvalue weighted by atomic mass is 16.6. The predicted octanol–water partition coefficient (Wildman–Crippen LogP) is 1.36. The zero-order chi connectivity index (χ0) is 13.6. The van der Waals surface area contributed by atoms with Gasteiger partial charge in [0.2, 0.25) is 0 Å². The lowest BCUT2D eigenvalue weighted by atomic mass is 10.1. The molecule has 0 unspecified atom stereocenters. The van der Waals surface area contributed by atoms with E-state index in [9.17, 15) is 9.90 Å². The molecule has 0 bridgehead atoms. The lowest BCUT2D eigenvalue weighted by Gasteiger charge is -2.29. The summed E-state index contributed by atoms with van der Waals surface area (Å²) in [5.74, 6) is 0. The number of likely N-dealkylation sites (tertiary alicyclic amines) is 1. The highest BCUT2D eigenvalue weighted by Crippen LogP contribution is 2.10. The van der Waals surface area contributed by atoms with E-state index in [1.807, 2.05) is 20.8 Å². The van der Waals surface area contributed by atoms with Crippen molar-refractivity contribution >= 4 is 6.09 Å². The Morgan fingerprint density at radius 1 is 1.39 bits per heavy atom. The molecule has 0 atom stereocenters. The highest BCUT2D eigenvalue weighted by molar-refractivity contribution is 5.67. The zero-order valence-corrected chi connectivity index (χ0v) is 11.7. The molecule has 0 aromatic carbocycles. The van der Waals surface area contributed by atoms with Crippen LogP contribution in [-0.2, 0) is 4.74 Å². The molecule has 0 aliphatic carbocycles. The first-order valence-corrected chi connectivity index (χ1v) is 6.74. The normalized spacial score (nSPS) is 18.7. The van der Waals surface area contributed by atoms with Crippen molar-refractivity contribution in [2.45, 2.75) is 51.7 Å². The smallest absolute Gasteiger partial charge is 0.407 e. The molecule has 0 aromatic heterocycles. The fourth-order valence-electron chi connectivity index (χ4n) is 1.95. The minimum absolute atomic E-state index is 0.124. The van der Waals surface area contributed by atoms with Gasteiger partial charge in [-0.1, -0.05) is 0 Å². The number of ether oxygens (including phenoxy) is 1. The number of nitrogens with one attached hydrogen (secondary N) is 1. The molecule has 0 radical (unpaired) electrons. The van der Waals surface area contributed by atoms with Crippen LogP contribution in [0.5, 0.6) is 0 Å². The average molecular weight is 258 g/mol. The van der Waals surface area contributed by atoms with Gasteiger partial charge in [0.15, 0.2) is 0 Å². The van der Waals surface area contributed by atoms with E-state index in [0.717, 1.165) is 38.9 Å². The van der Waals surface area contributed by atoms with Crippen molar-refractivity contribution in [2.24, 2.45) is 0 Å². The number of hydrogen-bond donors (Lipinski definition) is 2. The van der Waals surface area contributed by atoms with Crippen molar-refractivity contribution in [3.05, 3.63) is 0 Å². The summed E-state index contributed by atoms with van der Waals surface area (Å²) >= 11 is 0. The Morgan fingerprint density at radius 3 is 2.56 bits per heavy atom. The number of aliphatic hydroxyl groups excluding tert-OH is 1. The fourth-order valence-corrected chi connectivity index (χ4v) is 1.95. The van der Waals surface area contributed by atoms with Gasteiger partial charge in [0.25, 0.3) is 0 Å². The minimum atomic E-state index is -0.437. The van der Waals surface area contributed by atoms with Crippen molar-refractivity contribution < 1.29 is 14.6 Å². The molecule has 1 amide bonds. The van der Waals surface area contributed by atoms with E-state index in [4.69, 9.17) is 4.74 Å². The van der Waals surface area contributed by atoms with Crippen LogP contribution in [0.1, 0.15) is 40.0 Å². The molecule has 1 fully saturated rings. The molecule has 18 heavy (non-hydrogen) atoms. The molecule has 5 heteroatoms. The molecular weight excluding hydrogens is 232 g/mol. The summed E-state index contributed by atoms with van der Waals surface area (Å²) in [5.41, 5.74) is -0.437. The van der Waals surface area contributed by atoms with Crippen LogP contribution in [0.2, 0.25) is 0 Å². The summed E-state index contributed by atoms with van der Waals surface area (Å²) < 4.78 is 5.15. The van der Waals surface area contributed by atoms with Gasteiger partial charge in [0.05, 0.1) is 6.10 Å². The average Bonchev–Trinajstić information content (AvgIpc) is 2.24. The van der Waals surface area contributed by atoms with Crippen LogP contribution in [0.4, 0.5) is 4.79 Å². The number of alkyl carbamates (subject to hydrolysis) is 1. The maximum Gasteiger partial charge on any atom is 0.407 e. The lowest BCUT2D eigenvalue weighted by Crippen LogP contribution is -2.38. The third-order valence-corrected chi connectivity index (χ3v) is 2.88. The fraction of sp³-hybridized carbons (Fsp3) is 0.923. The Labute approximate surface area is 109 Å². The van der Waals surface area contributed by atoms with Gasteiger partial charge in [-0.2, -0.15) is 0 Å². The first-order valence-electron chi connectivity index (χ1n) is 6.74. The van der Waals surface area contributed by atoms with Gasteiger partial charge < -0.3 is 20.1 Å². The van der Waals surface area contributed by atoms with Gasteiger partial charge in [-0.25, -0.2) is 4.79 Å². The second-order valence-electron chi connectivity index (χ2n) is 5.86. The number of aliphatic hydroxyl groups is 1. The van der Waals surface area contributed by atoms with Crippen molar-refractivity contribution in [3.63, 3.8) is 0 Å². The van der Waals surface area contributed by atoms with Gasteiger partial charge in [0, 0.05) is 19.6 Å². The summed E-state index contributed by atoms with van der Waals surface area (Å²) in [5, 5.41) is 12.1. The number of amides is 1. The summed E-state index contributed by atoms with van der Waals surface area (Å²) in [7, 11) is 0. The molecule has 1 aliphatic heterocycles.